The van der Waals surface area contributed by atoms with E-state index in [-0.39, 0.29) is 11.3 Å². The number of hydrogen-bond donors (Lipinski definition) is 2. The molecule has 0 heterocycles. The lowest BCUT2D eigenvalue weighted by molar-refractivity contribution is -0.121. The van der Waals surface area contributed by atoms with Crippen molar-refractivity contribution in [1.82, 2.24) is 5.32 Å². The van der Waals surface area contributed by atoms with Gasteiger partial charge in [-0.3, -0.25) is 4.79 Å². The molecule has 1 aromatic rings. The Morgan fingerprint density at radius 2 is 1.91 bits per heavy atom. The predicted molar refractivity (Wildman–Crippen MR) is 89.1 cm³/mol. The van der Waals surface area contributed by atoms with Crippen molar-refractivity contribution >= 4 is 5.91 Å². The van der Waals surface area contributed by atoms with Crippen LogP contribution in [0.3, 0.4) is 0 Å². The zero-order valence-corrected chi connectivity index (χ0v) is 13.6. The van der Waals surface area contributed by atoms with E-state index in [4.69, 9.17) is 10.5 Å². The highest BCUT2D eigenvalue weighted by molar-refractivity contribution is 5.76. The first-order valence-electron chi connectivity index (χ1n) is 8.31. The van der Waals surface area contributed by atoms with Crippen LogP contribution in [0, 0.1) is 0 Å². The lowest BCUT2D eigenvalue weighted by atomic mass is 9.69. The van der Waals surface area contributed by atoms with Gasteiger partial charge in [0.05, 0.1) is 7.11 Å². The van der Waals surface area contributed by atoms with Crippen molar-refractivity contribution in [1.29, 1.82) is 0 Å². The van der Waals surface area contributed by atoms with Crippen LogP contribution in [-0.2, 0) is 10.2 Å². The van der Waals surface area contributed by atoms with Gasteiger partial charge in [-0.05, 0) is 43.5 Å². The van der Waals surface area contributed by atoms with Gasteiger partial charge >= 0.3 is 0 Å². The largest absolute Gasteiger partial charge is 0.497 e. The average molecular weight is 304 g/mol. The summed E-state index contributed by atoms with van der Waals surface area (Å²) in [6, 6.07) is 8.33. The third kappa shape index (κ3) is 4.23. The predicted octanol–water partition coefficient (Wildman–Crippen LogP) is 2.75. The Balaban J connectivity index is 2.07. The van der Waals surface area contributed by atoms with Gasteiger partial charge in [0, 0.05) is 18.4 Å². The lowest BCUT2D eigenvalue weighted by Crippen LogP contribution is -2.42. The van der Waals surface area contributed by atoms with Crippen molar-refractivity contribution in [3.8, 4) is 5.75 Å². The zero-order valence-electron chi connectivity index (χ0n) is 13.6. The SMILES string of the molecule is COc1ccc(C2(CNC(=O)CCCN)CCCCC2)cc1. The molecule has 0 bridgehead atoms. The minimum atomic E-state index is 0.0723. The molecule has 3 N–H and O–H groups in total. The van der Waals surface area contributed by atoms with Crippen molar-refractivity contribution in [2.24, 2.45) is 5.73 Å². The standard InChI is InChI=1S/C18H28N2O2/c1-22-16-9-7-15(8-10-16)18(11-3-2-4-12-18)14-20-17(21)6-5-13-19/h7-10H,2-6,11-14,19H2,1H3,(H,20,21). The van der Waals surface area contributed by atoms with Gasteiger partial charge < -0.3 is 15.8 Å². The zero-order chi connectivity index (χ0) is 15.8. The van der Waals surface area contributed by atoms with Crippen molar-refractivity contribution in [2.75, 3.05) is 20.2 Å². The van der Waals surface area contributed by atoms with Crippen LogP contribution in [0.15, 0.2) is 24.3 Å². The Morgan fingerprint density at radius 1 is 1.23 bits per heavy atom. The van der Waals surface area contributed by atoms with E-state index < -0.39 is 0 Å². The molecule has 0 aliphatic heterocycles. The van der Waals surface area contributed by atoms with Gasteiger partial charge in [0.15, 0.2) is 0 Å². The summed E-state index contributed by atoms with van der Waals surface area (Å²) in [5.41, 5.74) is 6.85. The number of nitrogens with one attached hydrogen (secondary N) is 1. The first-order valence-corrected chi connectivity index (χ1v) is 8.31. The van der Waals surface area contributed by atoms with Crippen molar-refractivity contribution < 1.29 is 9.53 Å². The van der Waals surface area contributed by atoms with Crippen molar-refractivity contribution in [3.05, 3.63) is 29.8 Å². The van der Waals surface area contributed by atoms with Crippen LogP contribution in [0.25, 0.3) is 0 Å². The Hall–Kier alpha value is -1.55. The molecule has 1 aromatic carbocycles. The van der Waals surface area contributed by atoms with Crippen LogP contribution in [0.4, 0.5) is 0 Å². The summed E-state index contributed by atoms with van der Waals surface area (Å²) in [4.78, 5) is 11.9. The molecule has 1 saturated carbocycles. The molecular formula is C18H28N2O2. The highest BCUT2D eigenvalue weighted by atomic mass is 16.5. The van der Waals surface area contributed by atoms with Gasteiger partial charge in [-0.1, -0.05) is 31.4 Å². The van der Waals surface area contributed by atoms with E-state index in [0.717, 1.165) is 31.6 Å². The Morgan fingerprint density at radius 3 is 2.50 bits per heavy atom. The van der Waals surface area contributed by atoms with Gasteiger partial charge in [-0.2, -0.15) is 0 Å². The summed E-state index contributed by atoms with van der Waals surface area (Å²) < 4.78 is 5.25. The fourth-order valence-electron chi connectivity index (χ4n) is 3.36. The van der Waals surface area contributed by atoms with E-state index in [9.17, 15) is 4.79 Å². The maximum Gasteiger partial charge on any atom is 0.220 e. The smallest absolute Gasteiger partial charge is 0.220 e. The topological polar surface area (TPSA) is 64.3 Å². The number of hydrogen-bond acceptors (Lipinski definition) is 3. The number of carbonyl (C=O) groups excluding carboxylic acids is 1. The van der Waals surface area contributed by atoms with Crippen molar-refractivity contribution in [3.63, 3.8) is 0 Å². The molecule has 2 rings (SSSR count). The number of nitrogens with two attached hydrogens (primary N) is 1. The number of benzene rings is 1. The monoisotopic (exact) mass is 304 g/mol. The molecule has 0 saturated heterocycles. The summed E-state index contributed by atoms with van der Waals surface area (Å²) >= 11 is 0. The van der Waals surface area contributed by atoms with E-state index in [0.29, 0.717) is 13.0 Å². The molecule has 0 spiro atoms. The third-order valence-electron chi connectivity index (χ3n) is 4.74. The number of amides is 1. The molecule has 1 aliphatic carbocycles. The summed E-state index contributed by atoms with van der Waals surface area (Å²) in [6.07, 6.45) is 7.29. The Kier molecular flexibility index (Phi) is 6.25. The maximum absolute atomic E-state index is 11.9. The van der Waals surface area contributed by atoms with Crippen LogP contribution in [0.1, 0.15) is 50.5 Å². The Labute approximate surface area is 133 Å². The van der Waals surface area contributed by atoms with E-state index >= 15 is 0 Å². The summed E-state index contributed by atoms with van der Waals surface area (Å²) in [6.45, 7) is 1.29. The van der Waals surface area contributed by atoms with Crippen molar-refractivity contribution in [2.45, 2.75) is 50.4 Å². The van der Waals surface area contributed by atoms with Crippen LogP contribution in [-0.4, -0.2) is 26.1 Å². The van der Waals surface area contributed by atoms with E-state index in [1.165, 1.54) is 24.8 Å². The first-order chi connectivity index (χ1) is 10.7. The highest BCUT2D eigenvalue weighted by Gasteiger charge is 2.34. The highest BCUT2D eigenvalue weighted by Crippen LogP contribution is 2.39. The molecule has 4 heteroatoms. The summed E-state index contributed by atoms with van der Waals surface area (Å²) in [5.74, 6) is 0.991. The molecule has 4 nitrogen and oxygen atoms in total. The van der Waals surface area contributed by atoms with E-state index in [1.807, 2.05) is 12.1 Å². The fourth-order valence-corrected chi connectivity index (χ4v) is 3.36. The number of ether oxygens (including phenoxy) is 1. The Bertz CT molecular complexity index is 464. The number of carbonyl (C=O) groups is 1. The van der Waals surface area contributed by atoms with Crippen LogP contribution in [0.2, 0.25) is 0 Å². The third-order valence-corrected chi connectivity index (χ3v) is 4.74. The molecule has 22 heavy (non-hydrogen) atoms. The maximum atomic E-state index is 11.9. The number of rotatable bonds is 7. The molecule has 122 valence electrons. The average Bonchev–Trinajstić information content (AvgIpc) is 2.59. The first kappa shape index (κ1) is 16.8. The van der Waals surface area contributed by atoms with Crippen LogP contribution >= 0.6 is 0 Å². The normalized spacial score (nSPS) is 17.0. The molecule has 0 atom stereocenters. The van der Waals surface area contributed by atoms with Gasteiger partial charge in [-0.15, -0.1) is 0 Å². The van der Waals surface area contributed by atoms with Crippen LogP contribution < -0.4 is 15.8 Å². The quantitative estimate of drug-likeness (QED) is 0.814. The molecule has 1 fully saturated rings. The minimum absolute atomic E-state index is 0.0723. The van der Waals surface area contributed by atoms with Gasteiger partial charge in [-0.25, -0.2) is 0 Å². The molecule has 0 radical (unpaired) electrons. The summed E-state index contributed by atoms with van der Waals surface area (Å²) in [5, 5.41) is 3.13. The molecular weight excluding hydrogens is 276 g/mol. The molecule has 1 amide bonds. The second-order valence-corrected chi connectivity index (χ2v) is 6.24. The number of methoxy groups -OCH3 is 1. The van der Waals surface area contributed by atoms with Gasteiger partial charge in [0.25, 0.3) is 0 Å². The molecule has 0 unspecified atom stereocenters. The molecule has 1 aliphatic rings. The molecule has 0 aromatic heterocycles. The fraction of sp³-hybridized carbons (Fsp3) is 0.611. The minimum Gasteiger partial charge on any atom is -0.497 e. The lowest BCUT2D eigenvalue weighted by Gasteiger charge is -2.38. The van der Waals surface area contributed by atoms with Gasteiger partial charge in [0.2, 0.25) is 5.91 Å². The van der Waals surface area contributed by atoms with Crippen LogP contribution in [0.5, 0.6) is 5.75 Å². The van der Waals surface area contributed by atoms with E-state index in [2.05, 4.69) is 17.4 Å². The van der Waals surface area contributed by atoms with E-state index in [1.54, 1.807) is 7.11 Å². The van der Waals surface area contributed by atoms with Gasteiger partial charge in [0.1, 0.15) is 5.75 Å². The second-order valence-electron chi connectivity index (χ2n) is 6.24. The summed E-state index contributed by atoms with van der Waals surface area (Å²) in [7, 11) is 1.68. The second kappa shape index (κ2) is 8.18.